The minimum atomic E-state index is -5.08. The quantitative estimate of drug-likeness (QED) is 0.592. The number of amides is 1. The second-order valence-corrected chi connectivity index (χ2v) is 6.12. The first-order chi connectivity index (χ1) is 13.3. The third-order valence-electron chi connectivity index (χ3n) is 3.61. The van der Waals surface area contributed by atoms with Crippen LogP contribution in [0.15, 0.2) is 18.2 Å². The molecule has 11 heteroatoms. The lowest BCUT2D eigenvalue weighted by Gasteiger charge is -2.26. The molecular weight excluding hydrogens is 395 g/mol. The third-order valence-corrected chi connectivity index (χ3v) is 3.61. The van der Waals surface area contributed by atoms with Gasteiger partial charge in [0.2, 0.25) is 5.91 Å². The normalized spacial score (nSPS) is 10.8. The fourth-order valence-electron chi connectivity index (χ4n) is 2.08. The summed E-state index contributed by atoms with van der Waals surface area (Å²) < 4.78 is 31.7. The fourth-order valence-corrected chi connectivity index (χ4v) is 2.08. The number of nitrogens with zero attached hydrogens (tertiary/aromatic N) is 2. The molecule has 0 spiro atoms. The van der Waals surface area contributed by atoms with E-state index in [9.17, 15) is 27.9 Å². The number of aliphatic carboxylic acids is 1. The third kappa shape index (κ3) is 9.79. The van der Waals surface area contributed by atoms with Gasteiger partial charge in [0.15, 0.2) is 0 Å². The van der Waals surface area contributed by atoms with Crippen molar-refractivity contribution >= 4 is 29.2 Å². The van der Waals surface area contributed by atoms with E-state index >= 15 is 0 Å². The number of carboxylic acid groups (broad SMARTS) is 2. The molecule has 0 fully saturated rings. The van der Waals surface area contributed by atoms with Crippen LogP contribution in [0.3, 0.4) is 0 Å². The number of hydrogen-bond acceptors (Lipinski definition) is 5. The molecule has 29 heavy (non-hydrogen) atoms. The van der Waals surface area contributed by atoms with Crippen LogP contribution >= 0.6 is 0 Å². The Labute approximate surface area is 166 Å². The molecule has 0 unspecified atom stereocenters. The molecule has 1 aromatic rings. The van der Waals surface area contributed by atoms with Crippen molar-refractivity contribution in [3.05, 3.63) is 23.8 Å². The molecule has 0 aromatic heterocycles. The second-order valence-electron chi connectivity index (χ2n) is 6.12. The number of carboxylic acids is 2. The highest BCUT2D eigenvalue weighted by molar-refractivity contribution is 5.98. The minimum absolute atomic E-state index is 0.135. The van der Waals surface area contributed by atoms with Crippen LogP contribution in [0.5, 0.6) is 0 Å². The Balaban J connectivity index is 0.000000956. The maximum Gasteiger partial charge on any atom is 0.490 e. The summed E-state index contributed by atoms with van der Waals surface area (Å²) in [6.07, 6.45) is -4.73. The van der Waals surface area contributed by atoms with Crippen molar-refractivity contribution in [1.29, 1.82) is 0 Å². The standard InChI is InChI=1S/C16H25N3O3.C2HF3O2/c1-5-15(20)17-12-7-8-14(13(11-12)16(21)22)19(6-2)10-9-18(3)4;3-2(4,5)1(6)7/h7-8,11H,5-6,9-10H2,1-4H3,(H,17,20)(H,21,22);(H,6,7). The number of carbonyl (C=O) groups excluding carboxylic acids is 1. The smallest absolute Gasteiger partial charge is 0.478 e. The van der Waals surface area contributed by atoms with Gasteiger partial charge in [-0.25, -0.2) is 9.59 Å². The first-order valence-electron chi connectivity index (χ1n) is 8.70. The van der Waals surface area contributed by atoms with Gasteiger partial charge in [0, 0.05) is 31.7 Å². The van der Waals surface area contributed by atoms with Crippen LogP contribution in [0.4, 0.5) is 24.5 Å². The predicted molar refractivity (Wildman–Crippen MR) is 102 cm³/mol. The van der Waals surface area contributed by atoms with Crippen LogP contribution in [0.2, 0.25) is 0 Å². The number of likely N-dealkylation sites (N-methyl/N-ethyl adjacent to an activating group) is 2. The maximum absolute atomic E-state index is 11.5. The fraction of sp³-hybridized carbons (Fsp3) is 0.500. The predicted octanol–water partition coefficient (Wildman–Crippen LogP) is 2.75. The molecule has 3 N–H and O–H groups in total. The zero-order valence-electron chi connectivity index (χ0n) is 16.7. The van der Waals surface area contributed by atoms with Gasteiger partial charge < -0.3 is 25.3 Å². The van der Waals surface area contributed by atoms with E-state index in [1.807, 2.05) is 25.9 Å². The number of rotatable bonds is 8. The molecule has 1 amide bonds. The molecule has 0 radical (unpaired) electrons. The number of halogens is 3. The molecule has 0 bridgehead atoms. The molecule has 0 saturated carbocycles. The van der Waals surface area contributed by atoms with Crippen LogP contribution in [-0.2, 0) is 9.59 Å². The SMILES string of the molecule is CCC(=O)Nc1ccc(N(CC)CCN(C)C)c(C(=O)O)c1.O=C(O)C(F)(F)F. The van der Waals surface area contributed by atoms with E-state index in [0.29, 0.717) is 17.8 Å². The monoisotopic (exact) mass is 421 g/mol. The Morgan fingerprint density at radius 2 is 1.62 bits per heavy atom. The molecule has 8 nitrogen and oxygen atoms in total. The number of alkyl halides is 3. The largest absolute Gasteiger partial charge is 0.490 e. The number of hydrogen-bond donors (Lipinski definition) is 3. The van der Waals surface area contributed by atoms with E-state index in [4.69, 9.17) is 9.90 Å². The summed E-state index contributed by atoms with van der Waals surface area (Å²) in [5.41, 5.74) is 1.39. The zero-order chi connectivity index (χ0) is 22.8. The first-order valence-corrected chi connectivity index (χ1v) is 8.70. The van der Waals surface area contributed by atoms with Crippen LogP contribution < -0.4 is 10.2 Å². The Morgan fingerprint density at radius 1 is 1.07 bits per heavy atom. The molecule has 0 aliphatic rings. The summed E-state index contributed by atoms with van der Waals surface area (Å²) in [6, 6.07) is 5.02. The van der Waals surface area contributed by atoms with E-state index < -0.39 is 18.1 Å². The second kappa shape index (κ2) is 11.9. The van der Waals surface area contributed by atoms with Crippen molar-refractivity contribution in [2.24, 2.45) is 0 Å². The molecule has 0 aliphatic heterocycles. The Kier molecular flexibility index (Phi) is 10.7. The summed E-state index contributed by atoms with van der Waals surface area (Å²) in [4.78, 5) is 36.0. The Bertz CT molecular complexity index is 708. The van der Waals surface area contributed by atoms with Gasteiger partial charge in [-0.1, -0.05) is 6.92 Å². The highest BCUT2D eigenvalue weighted by Crippen LogP contribution is 2.24. The zero-order valence-corrected chi connectivity index (χ0v) is 16.7. The molecule has 164 valence electrons. The van der Waals surface area contributed by atoms with Crippen LogP contribution in [-0.4, -0.2) is 72.9 Å². The maximum atomic E-state index is 11.5. The highest BCUT2D eigenvalue weighted by atomic mass is 19.4. The van der Waals surface area contributed by atoms with Crippen LogP contribution in [0.1, 0.15) is 30.6 Å². The van der Waals surface area contributed by atoms with E-state index in [-0.39, 0.29) is 11.5 Å². The van der Waals surface area contributed by atoms with Crippen LogP contribution in [0, 0.1) is 0 Å². The van der Waals surface area contributed by atoms with Gasteiger partial charge in [-0.05, 0) is 39.2 Å². The van der Waals surface area contributed by atoms with E-state index in [0.717, 1.165) is 19.6 Å². The minimum Gasteiger partial charge on any atom is -0.478 e. The first kappa shape index (κ1) is 26.2. The number of anilines is 2. The van der Waals surface area contributed by atoms with Crippen molar-refractivity contribution in [3.63, 3.8) is 0 Å². The highest BCUT2D eigenvalue weighted by Gasteiger charge is 2.38. The van der Waals surface area contributed by atoms with Gasteiger partial charge in [-0.2, -0.15) is 13.2 Å². The Morgan fingerprint density at radius 3 is 2.00 bits per heavy atom. The summed E-state index contributed by atoms with van der Waals surface area (Å²) in [6.45, 7) is 6.04. The average Bonchev–Trinajstić information content (AvgIpc) is 2.62. The van der Waals surface area contributed by atoms with E-state index in [2.05, 4.69) is 10.2 Å². The van der Waals surface area contributed by atoms with Gasteiger partial charge in [-0.15, -0.1) is 0 Å². The van der Waals surface area contributed by atoms with E-state index in [1.54, 1.807) is 19.1 Å². The molecule has 0 atom stereocenters. The number of carbonyl (C=O) groups is 3. The van der Waals surface area contributed by atoms with Crippen molar-refractivity contribution < 1.29 is 37.8 Å². The summed E-state index contributed by atoms with van der Waals surface area (Å²) in [5, 5.41) is 19.3. The van der Waals surface area contributed by atoms with Crippen molar-refractivity contribution in [3.8, 4) is 0 Å². The molecule has 0 saturated heterocycles. The van der Waals surface area contributed by atoms with Crippen LogP contribution in [0.25, 0.3) is 0 Å². The summed E-state index contributed by atoms with van der Waals surface area (Å²) in [5.74, 6) is -3.89. The average molecular weight is 421 g/mol. The van der Waals surface area contributed by atoms with E-state index in [1.165, 1.54) is 6.07 Å². The molecule has 1 rings (SSSR count). The molecular formula is C18H26F3N3O5. The topological polar surface area (TPSA) is 110 Å². The van der Waals surface area contributed by atoms with Gasteiger partial charge in [-0.3, -0.25) is 4.79 Å². The van der Waals surface area contributed by atoms with Crippen molar-refractivity contribution in [2.45, 2.75) is 26.4 Å². The Hall–Kier alpha value is -2.82. The number of nitrogens with one attached hydrogen (secondary N) is 1. The molecule has 1 aromatic carbocycles. The molecule has 0 heterocycles. The van der Waals surface area contributed by atoms with Gasteiger partial charge >= 0.3 is 18.1 Å². The van der Waals surface area contributed by atoms with Crippen molar-refractivity contribution in [2.75, 3.05) is 43.9 Å². The van der Waals surface area contributed by atoms with Gasteiger partial charge in [0.1, 0.15) is 0 Å². The number of aromatic carboxylic acids is 1. The van der Waals surface area contributed by atoms with Gasteiger partial charge in [0.25, 0.3) is 0 Å². The summed E-state index contributed by atoms with van der Waals surface area (Å²) >= 11 is 0. The van der Waals surface area contributed by atoms with Gasteiger partial charge in [0.05, 0.1) is 11.3 Å². The van der Waals surface area contributed by atoms with Crippen molar-refractivity contribution in [1.82, 2.24) is 4.90 Å². The number of benzene rings is 1. The lowest BCUT2D eigenvalue weighted by molar-refractivity contribution is -0.192. The lowest BCUT2D eigenvalue weighted by atomic mass is 10.1. The molecule has 0 aliphatic carbocycles. The summed E-state index contributed by atoms with van der Waals surface area (Å²) in [7, 11) is 3.96. The lowest BCUT2D eigenvalue weighted by Crippen LogP contribution is -2.32.